The minimum atomic E-state index is 0.0785. The van der Waals surface area contributed by atoms with Crippen LogP contribution in [0.5, 0.6) is 11.5 Å². The molecule has 194 valence electrons. The van der Waals surface area contributed by atoms with E-state index in [9.17, 15) is 10.2 Å². The summed E-state index contributed by atoms with van der Waals surface area (Å²) in [6, 6.07) is 42.6. The van der Waals surface area contributed by atoms with Crippen LogP contribution in [0.2, 0.25) is 0 Å². The van der Waals surface area contributed by atoms with Crippen LogP contribution in [0.25, 0.3) is 55.6 Å². The number of aromatic hydroxyl groups is 2. The second-order valence-corrected chi connectivity index (χ2v) is 9.71. The van der Waals surface area contributed by atoms with Crippen molar-refractivity contribution in [2.45, 2.75) is 0 Å². The lowest BCUT2D eigenvalue weighted by molar-refractivity contribution is 0.475. The normalized spacial score (nSPS) is 10.9. The zero-order chi connectivity index (χ0) is 27.6. The van der Waals surface area contributed by atoms with E-state index in [4.69, 9.17) is 11.5 Å². The number of hydrogen-bond donors (Lipinski definition) is 4. The summed E-state index contributed by atoms with van der Waals surface area (Å²) in [5, 5.41) is 21.5. The number of anilines is 2. The van der Waals surface area contributed by atoms with Crippen LogP contribution in [0.3, 0.4) is 0 Å². The molecule has 0 heterocycles. The Kier molecular flexibility index (Phi) is 6.43. The molecule has 0 saturated carbocycles. The molecule has 0 saturated heterocycles. The first-order valence-corrected chi connectivity index (χ1v) is 13.1. The van der Waals surface area contributed by atoms with Crippen molar-refractivity contribution in [2.75, 3.05) is 11.5 Å². The van der Waals surface area contributed by atoms with Crippen molar-refractivity contribution in [2.24, 2.45) is 0 Å². The van der Waals surface area contributed by atoms with Gasteiger partial charge in [0, 0.05) is 50.8 Å². The average Bonchev–Trinajstić information content (AvgIpc) is 2.99. The van der Waals surface area contributed by atoms with E-state index in [2.05, 4.69) is 12.1 Å². The van der Waals surface area contributed by atoms with E-state index in [1.54, 1.807) is 24.3 Å². The van der Waals surface area contributed by atoms with Gasteiger partial charge in [0.1, 0.15) is 11.5 Å². The van der Waals surface area contributed by atoms with E-state index >= 15 is 0 Å². The van der Waals surface area contributed by atoms with Crippen LogP contribution < -0.4 is 11.5 Å². The van der Waals surface area contributed by atoms with Crippen LogP contribution >= 0.6 is 0 Å². The fourth-order valence-electron chi connectivity index (χ4n) is 5.42. The second-order valence-electron chi connectivity index (χ2n) is 9.71. The van der Waals surface area contributed by atoms with E-state index in [1.165, 1.54) is 0 Å². The molecule has 0 amide bonds. The standard InChI is InChI=1S/C36H28N2O2/c37-27-18-21-29(30(40)22-27)35-31(23-10-4-1-5-11-23)33(25-14-8-3-9-15-25)36(38)34(26-16-19-28(39)20-17-26)32(35)24-12-6-2-7-13-24/h1-22,39-40H,37-38H2. The molecule has 0 bridgehead atoms. The predicted molar refractivity (Wildman–Crippen MR) is 166 cm³/mol. The van der Waals surface area contributed by atoms with Crippen molar-refractivity contribution in [3.63, 3.8) is 0 Å². The lowest BCUT2D eigenvalue weighted by atomic mass is 9.77. The number of nitrogens with two attached hydrogens (primary N) is 2. The van der Waals surface area contributed by atoms with Crippen molar-refractivity contribution < 1.29 is 10.2 Å². The Labute approximate surface area is 233 Å². The number of rotatable bonds is 5. The number of phenolic OH excluding ortho intramolecular Hbond substituents is 2. The Morgan fingerprint density at radius 2 is 0.825 bits per heavy atom. The van der Waals surface area contributed by atoms with E-state index in [0.717, 1.165) is 50.1 Å². The Morgan fingerprint density at radius 1 is 0.400 bits per heavy atom. The predicted octanol–water partition coefficient (Wildman–Crippen LogP) is 8.60. The van der Waals surface area contributed by atoms with Crippen molar-refractivity contribution in [3.05, 3.63) is 133 Å². The van der Waals surface area contributed by atoms with Crippen LogP contribution in [0.4, 0.5) is 11.4 Å². The van der Waals surface area contributed by atoms with E-state index in [1.807, 2.05) is 97.1 Å². The second kappa shape index (κ2) is 10.4. The molecule has 0 aliphatic heterocycles. The van der Waals surface area contributed by atoms with E-state index in [0.29, 0.717) is 16.9 Å². The third kappa shape index (κ3) is 4.42. The van der Waals surface area contributed by atoms with E-state index < -0.39 is 0 Å². The molecular weight excluding hydrogens is 492 g/mol. The van der Waals surface area contributed by atoms with E-state index in [-0.39, 0.29) is 11.5 Å². The minimum Gasteiger partial charge on any atom is -0.508 e. The molecule has 4 nitrogen and oxygen atoms in total. The zero-order valence-electron chi connectivity index (χ0n) is 21.8. The highest BCUT2D eigenvalue weighted by atomic mass is 16.3. The first-order valence-electron chi connectivity index (χ1n) is 13.1. The van der Waals surface area contributed by atoms with Crippen molar-refractivity contribution in [1.29, 1.82) is 0 Å². The molecule has 6 N–H and O–H groups in total. The molecule has 6 aromatic carbocycles. The molecule has 6 aromatic rings. The molecule has 0 aliphatic carbocycles. The van der Waals surface area contributed by atoms with Crippen molar-refractivity contribution in [1.82, 2.24) is 0 Å². The first-order chi connectivity index (χ1) is 19.5. The Hall–Kier alpha value is -5.48. The summed E-state index contributed by atoms with van der Waals surface area (Å²) >= 11 is 0. The number of nitrogen functional groups attached to an aromatic ring is 2. The molecule has 0 radical (unpaired) electrons. The van der Waals surface area contributed by atoms with Gasteiger partial charge in [0.25, 0.3) is 0 Å². The molecule has 40 heavy (non-hydrogen) atoms. The summed E-state index contributed by atoms with van der Waals surface area (Å²) in [5.74, 6) is 0.249. The van der Waals surface area contributed by atoms with Gasteiger partial charge in [-0.2, -0.15) is 0 Å². The van der Waals surface area contributed by atoms with Gasteiger partial charge in [-0.05, 0) is 46.5 Å². The largest absolute Gasteiger partial charge is 0.508 e. The third-order valence-corrected chi connectivity index (χ3v) is 7.17. The number of phenols is 2. The zero-order valence-corrected chi connectivity index (χ0v) is 21.8. The van der Waals surface area contributed by atoms with Crippen LogP contribution in [0.1, 0.15) is 0 Å². The maximum Gasteiger partial charge on any atom is 0.125 e. The fraction of sp³-hybridized carbons (Fsp3) is 0. The van der Waals surface area contributed by atoms with Gasteiger partial charge in [-0.3, -0.25) is 0 Å². The lowest BCUT2D eigenvalue weighted by Gasteiger charge is -2.27. The molecule has 0 unspecified atom stereocenters. The summed E-state index contributed by atoms with van der Waals surface area (Å²) in [7, 11) is 0. The first kappa shape index (κ1) is 24.8. The fourth-order valence-corrected chi connectivity index (χ4v) is 5.42. The maximum atomic E-state index is 11.4. The van der Waals surface area contributed by atoms with Gasteiger partial charge in [-0.25, -0.2) is 0 Å². The molecular formula is C36H28N2O2. The molecule has 0 aliphatic rings. The number of benzene rings is 6. The van der Waals surface area contributed by atoms with Gasteiger partial charge < -0.3 is 21.7 Å². The smallest absolute Gasteiger partial charge is 0.125 e. The Balaban J connectivity index is 1.90. The van der Waals surface area contributed by atoms with Gasteiger partial charge in [-0.15, -0.1) is 0 Å². The van der Waals surface area contributed by atoms with Gasteiger partial charge in [0.05, 0.1) is 0 Å². The Morgan fingerprint density at radius 3 is 1.27 bits per heavy atom. The highest BCUT2D eigenvalue weighted by Crippen LogP contribution is 2.55. The molecule has 0 atom stereocenters. The molecule has 4 heteroatoms. The highest BCUT2D eigenvalue weighted by molar-refractivity contribution is 6.14. The monoisotopic (exact) mass is 520 g/mol. The summed E-state index contributed by atoms with van der Waals surface area (Å²) in [5.41, 5.74) is 23.0. The molecule has 0 spiro atoms. The van der Waals surface area contributed by atoms with Crippen LogP contribution in [-0.2, 0) is 0 Å². The molecule has 0 fully saturated rings. The van der Waals surface area contributed by atoms with Crippen LogP contribution in [-0.4, -0.2) is 10.2 Å². The molecule has 0 aromatic heterocycles. The van der Waals surface area contributed by atoms with Gasteiger partial charge in [0.15, 0.2) is 0 Å². The van der Waals surface area contributed by atoms with Crippen LogP contribution in [0.15, 0.2) is 133 Å². The maximum absolute atomic E-state index is 11.4. The summed E-state index contributed by atoms with van der Waals surface area (Å²) < 4.78 is 0. The topological polar surface area (TPSA) is 92.5 Å². The lowest BCUT2D eigenvalue weighted by Crippen LogP contribution is -2.04. The van der Waals surface area contributed by atoms with Crippen molar-refractivity contribution >= 4 is 11.4 Å². The Bertz CT molecular complexity index is 1800. The SMILES string of the molecule is Nc1ccc(-c2c(-c3ccccc3)c(-c3ccccc3)c(N)c(-c3ccc(O)cc3)c2-c2ccccc2)c(O)c1. The van der Waals surface area contributed by atoms with Gasteiger partial charge in [0.2, 0.25) is 0 Å². The van der Waals surface area contributed by atoms with Crippen LogP contribution in [0, 0.1) is 0 Å². The average molecular weight is 521 g/mol. The summed E-state index contributed by atoms with van der Waals surface area (Å²) in [6.45, 7) is 0. The summed E-state index contributed by atoms with van der Waals surface area (Å²) in [6.07, 6.45) is 0. The third-order valence-electron chi connectivity index (χ3n) is 7.17. The number of hydrogen-bond acceptors (Lipinski definition) is 4. The van der Waals surface area contributed by atoms with Gasteiger partial charge >= 0.3 is 0 Å². The molecule has 6 rings (SSSR count). The quantitative estimate of drug-likeness (QED) is 0.171. The summed E-state index contributed by atoms with van der Waals surface area (Å²) in [4.78, 5) is 0. The van der Waals surface area contributed by atoms with Crippen molar-refractivity contribution in [3.8, 4) is 67.1 Å². The van der Waals surface area contributed by atoms with Gasteiger partial charge in [-0.1, -0.05) is 103 Å². The minimum absolute atomic E-state index is 0.0785. The highest BCUT2D eigenvalue weighted by Gasteiger charge is 2.28.